The predicted molar refractivity (Wildman–Crippen MR) is 100 cm³/mol. The molecule has 1 unspecified atom stereocenters. The number of ether oxygens (including phenoxy) is 1. The van der Waals surface area contributed by atoms with Crippen LogP contribution in [0.5, 0.6) is 5.75 Å². The molecule has 7 heteroatoms. The van der Waals surface area contributed by atoms with Gasteiger partial charge in [0.05, 0.1) is 23.9 Å². The number of esters is 1. The molecule has 0 fully saturated rings. The standard InChI is InChI=1S/C19H17BrN2O4/c1-2-26-18(24)15-16(11-6-4-3-5-7-11)21-19(25)22-17(15)13-10-12(23)8-9-14(13)20/h3-10,17,23H,2H2,1H3,(H2,21,22,25). The molecule has 0 saturated carbocycles. The maximum Gasteiger partial charge on any atom is 0.338 e. The van der Waals surface area contributed by atoms with Gasteiger partial charge in [-0.15, -0.1) is 0 Å². The second kappa shape index (κ2) is 7.61. The average molecular weight is 417 g/mol. The highest BCUT2D eigenvalue weighted by Gasteiger charge is 2.35. The Labute approximate surface area is 159 Å². The molecule has 134 valence electrons. The summed E-state index contributed by atoms with van der Waals surface area (Å²) in [5, 5.41) is 15.3. The van der Waals surface area contributed by atoms with Gasteiger partial charge in [0.25, 0.3) is 0 Å². The van der Waals surface area contributed by atoms with E-state index in [1.807, 2.05) is 18.2 Å². The zero-order valence-corrected chi connectivity index (χ0v) is 15.5. The fourth-order valence-electron chi connectivity index (χ4n) is 2.81. The first-order chi connectivity index (χ1) is 12.5. The number of urea groups is 1. The molecule has 6 nitrogen and oxygen atoms in total. The van der Waals surface area contributed by atoms with Crippen LogP contribution >= 0.6 is 15.9 Å². The van der Waals surface area contributed by atoms with Crippen LogP contribution in [0, 0.1) is 0 Å². The number of phenols is 1. The molecular formula is C19H17BrN2O4. The van der Waals surface area contributed by atoms with Gasteiger partial charge < -0.3 is 20.5 Å². The van der Waals surface area contributed by atoms with Crippen molar-refractivity contribution in [1.29, 1.82) is 0 Å². The van der Waals surface area contributed by atoms with E-state index in [2.05, 4.69) is 26.6 Å². The summed E-state index contributed by atoms with van der Waals surface area (Å²) < 4.78 is 5.87. The number of nitrogens with one attached hydrogen (secondary N) is 2. The number of hydrogen-bond donors (Lipinski definition) is 3. The normalized spacial score (nSPS) is 16.7. The predicted octanol–water partition coefficient (Wildman–Crippen LogP) is 3.48. The third-order valence-corrected chi connectivity index (χ3v) is 4.64. The molecular weight excluding hydrogens is 400 g/mol. The number of aromatic hydroxyl groups is 1. The molecule has 2 amide bonds. The highest BCUT2D eigenvalue weighted by Crippen LogP contribution is 2.36. The van der Waals surface area contributed by atoms with E-state index in [4.69, 9.17) is 4.74 Å². The van der Waals surface area contributed by atoms with Crippen molar-refractivity contribution >= 4 is 33.6 Å². The van der Waals surface area contributed by atoms with E-state index in [1.54, 1.807) is 25.1 Å². The van der Waals surface area contributed by atoms with E-state index in [9.17, 15) is 14.7 Å². The highest BCUT2D eigenvalue weighted by atomic mass is 79.9. The zero-order chi connectivity index (χ0) is 18.7. The summed E-state index contributed by atoms with van der Waals surface area (Å²) in [5.74, 6) is -0.514. The summed E-state index contributed by atoms with van der Waals surface area (Å²) in [6.07, 6.45) is 0. The second-order valence-electron chi connectivity index (χ2n) is 5.61. The zero-order valence-electron chi connectivity index (χ0n) is 14.0. The van der Waals surface area contributed by atoms with E-state index in [-0.39, 0.29) is 17.9 Å². The summed E-state index contributed by atoms with van der Waals surface area (Å²) >= 11 is 3.42. The van der Waals surface area contributed by atoms with Gasteiger partial charge in [-0.25, -0.2) is 9.59 Å². The minimum Gasteiger partial charge on any atom is -0.508 e. The third kappa shape index (κ3) is 3.57. The average Bonchev–Trinajstić information content (AvgIpc) is 2.64. The lowest BCUT2D eigenvalue weighted by atomic mass is 9.92. The molecule has 0 saturated heterocycles. The first-order valence-electron chi connectivity index (χ1n) is 8.04. The highest BCUT2D eigenvalue weighted by molar-refractivity contribution is 9.10. The number of amides is 2. The van der Waals surface area contributed by atoms with E-state index >= 15 is 0 Å². The third-order valence-electron chi connectivity index (χ3n) is 3.92. The molecule has 0 aromatic heterocycles. The second-order valence-corrected chi connectivity index (χ2v) is 6.47. The van der Waals surface area contributed by atoms with Gasteiger partial charge in [0.15, 0.2) is 0 Å². The van der Waals surface area contributed by atoms with Gasteiger partial charge in [0.2, 0.25) is 0 Å². The quantitative estimate of drug-likeness (QED) is 0.665. The number of halogens is 1. The van der Waals surface area contributed by atoms with Gasteiger partial charge in [-0.2, -0.15) is 0 Å². The molecule has 26 heavy (non-hydrogen) atoms. The number of benzene rings is 2. The van der Waals surface area contributed by atoms with E-state index in [1.165, 1.54) is 12.1 Å². The molecule has 1 heterocycles. The van der Waals surface area contributed by atoms with Crippen molar-refractivity contribution in [2.45, 2.75) is 13.0 Å². The first-order valence-corrected chi connectivity index (χ1v) is 8.83. The number of rotatable bonds is 4. The molecule has 2 aromatic rings. The van der Waals surface area contributed by atoms with Crippen LogP contribution in [-0.4, -0.2) is 23.7 Å². The molecule has 3 N–H and O–H groups in total. The largest absolute Gasteiger partial charge is 0.508 e. The molecule has 0 aliphatic carbocycles. The molecule has 0 radical (unpaired) electrons. The number of phenolic OH excluding ortho intramolecular Hbond substituents is 1. The van der Waals surface area contributed by atoms with Crippen molar-refractivity contribution in [3.8, 4) is 5.75 Å². The Kier molecular flexibility index (Phi) is 5.27. The van der Waals surface area contributed by atoms with Crippen molar-refractivity contribution in [3.05, 3.63) is 69.7 Å². The van der Waals surface area contributed by atoms with Crippen LogP contribution in [0.25, 0.3) is 5.70 Å². The maximum absolute atomic E-state index is 12.7. The van der Waals surface area contributed by atoms with Crippen molar-refractivity contribution < 1.29 is 19.4 Å². The number of carbonyl (C=O) groups excluding carboxylic acids is 2. The van der Waals surface area contributed by atoms with Crippen LogP contribution in [0.1, 0.15) is 24.1 Å². The fourth-order valence-corrected chi connectivity index (χ4v) is 3.29. The van der Waals surface area contributed by atoms with E-state index in [0.29, 0.717) is 21.3 Å². The Balaban J connectivity index is 2.22. The Morgan fingerprint density at radius 1 is 1.23 bits per heavy atom. The van der Waals surface area contributed by atoms with Crippen molar-refractivity contribution in [3.63, 3.8) is 0 Å². The van der Waals surface area contributed by atoms with Crippen LogP contribution in [0.2, 0.25) is 0 Å². The first kappa shape index (κ1) is 18.0. The van der Waals surface area contributed by atoms with Gasteiger partial charge in [-0.3, -0.25) is 0 Å². The van der Waals surface area contributed by atoms with E-state index in [0.717, 1.165) is 0 Å². The molecule has 0 bridgehead atoms. The summed E-state index contributed by atoms with van der Waals surface area (Å²) in [7, 11) is 0. The lowest BCUT2D eigenvalue weighted by Crippen LogP contribution is -2.45. The van der Waals surface area contributed by atoms with Gasteiger partial charge in [-0.05, 0) is 36.2 Å². The minimum absolute atomic E-state index is 0.0282. The van der Waals surface area contributed by atoms with Crippen LogP contribution in [0.4, 0.5) is 4.79 Å². The van der Waals surface area contributed by atoms with Gasteiger partial charge in [0.1, 0.15) is 5.75 Å². The summed E-state index contributed by atoms with van der Waals surface area (Å²) in [4.78, 5) is 25.0. The summed E-state index contributed by atoms with van der Waals surface area (Å²) in [6.45, 7) is 1.92. The van der Waals surface area contributed by atoms with Crippen molar-refractivity contribution in [2.24, 2.45) is 0 Å². The van der Waals surface area contributed by atoms with Gasteiger partial charge in [0, 0.05) is 4.47 Å². The van der Waals surface area contributed by atoms with Crippen LogP contribution in [-0.2, 0) is 9.53 Å². The van der Waals surface area contributed by atoms with Gasteiger partial charge >= 0.3 is 12.0 Å². The lowest BCUT2D eigenvalue weighted by Gasteiger charge is -2.30. The molecule has 1 aliphatic rings. The Bertz CT molecular complexity index is 880. The van der Waals surface area contributed by atoms with Crippen LogP contribution in [0.15, 0.2) is 58.6 Å². The molecule has 3 rings (SSSR count). The lowest BCUT2D eigenvalue weighted by molar-refractivity contribution is -0.138. The Morgan fingerprint density at radius 3 is 2.65 bits per heavy atom. The maximum atomic E-state index is 12.7. The topological polar surface area (TPSA) is 87.7 Å². The Morgan fingerprint density at radius 2 is 1.96 bits per heavy atom. The van der Waals surface area contributed by atoms with Gasteiger partial charge in [-0.1, -0.05) is 46.3 Å². The number of carbonyl (C=O) groups is 2. The van der Waals surface area contributed by atoms with Crippen molar-refractivity contribution in [2.75, 3.05) is 6.61 Å². The van der Waals surface area contributed by atoms with Crippen LogP contribution < -0.4 is 10.6 Å². The molecule has 0 spiro atoms. The van der Waals surface area contributed by atoms with Crippen molar-refractivity contribution in [1.82, 2.24) is 10.6 Å². The fraction of sp³-hybridized carbons (Fsp3) is 0.158. The smallest absolute Gasteiger partial charge is 0.338 e. The SMILES string of the molecule is CCOC(=O)C1=C(c2ccccc2)NC(=O)NC1c1cc(O)ccc1Br. The Hall–Kier alpha value is -2.80. The molecule has 2 aromatic carbocycles. The summed E-state index contributed by atoms with van der Waals surface area (Å²) in [5.41, 5.74) is 1.89. The minimum atomic E-state index is -0.778. The van der Waals surface area contributed by atoms with Crippen LogP contribution in [0.3, 0.4) is 0 Å². The molecule has 1 aliphatic heterocycles. The number of hydrogen-bond acceptors (Lipinski definition) is 4. The summed E-state index contributed by atoms with van der Waals surface area (Å²) in [6, 6.07) is 12.5. The van der Waals surface area contributed by atoms with E-state index < -0.39 is 18.0 Å². The monoisotopic (exact) mass is 416 g/mol. The molecule has 1 atom stereocenters.